The number of nitrogens with one attached hydrogen (secondary N) is 1. The maximum atomic E-state index is 13.2. The average molecular weight is 410 g/mol. The maximum Gasteiger partial charge on any atom is 0.416 e. The van der Waals surface area contributed by atoms with Crippen molar-refractivity contribution in [1.29, 1.82) is 0 Å². The van der Waals surface area contributed by atoms with Crippen molar-refractivity contribution in [1.82, 2.24) is 0 Å². The molecular weight excluding hydrogens is 389 g/mol. The highest BCUT2D eigenvalue weighted by atomic mass is 19.4. The maximum absolute atomic E-state index is 13.2. The molecule has 1 saturated heterocycles. The predicted molar refractivity (Wildman–Crippen MR) is 98.5 cm³/mol. The highest BCUT2D eigenvalue weighted by Crippen LogP contribution is 2.48. The molecule has 4 atom stereocenters. The third-order valence-electron chi connectivity index (χ3n) is 5.98. The van der Waals surface area contributed by atoms with Gasteiger partial charge in [-0.15, -0.1) is 0 Å². The number of carbonyl (C=O) groups is 2. The number of nitrogens with zero attached hydrogens (tertiary/aromatic N) is 1. The minimum Gasteiger partial charge on any atom is -0.481 e. The van der Waals surface area contributed by atoms with Gasteiger partial charge in [0, 0.05) is 13.1 Å². The molecule has 1 aromatic rings. The second-order valence-electron chi connectivity index (χ2n) is 7.66. The minimum absolute atomic E-state index is 0.0441. The van der Waals surface area contributed by atoms with Crippen LogP contribution < -0.4 is 10.2 Å². The summed E-state index contributed by atoms with van der Waals surface area (Å²) in [6.07, 6.45) is -0.324. The Morgan fingerprint density at radius 3 is 2.38 bits per heavy atom. The predicted octanol–water partition coefficient (Wildman–Crippen LogP) is 3.00. The summed E-state index contributed by atoms with van der Waals surface area (Å²) < 4.78 is 45.0. The van der Waals surface area contributed by atoms with Crippen LogP contribution >= 0.6 is 0 Å². The molecule has 9 heteroatoms. The zero-order chi connectivity index (χ0) is 20.8. The van der Waals surface area contributed by atoms with E-state index >= 15 is 0 Å². The lowest BCUT2D eigenvalue weighted by atomic mass is 9.82. The zero-order valence-electron chi connectivity index (χ0n) is 15.5. The molecule has 1 aliphatic heterocycles. The number of ether oxygens (including phenoxy) is 1. The lowest BCUT2D eigenvalue weighted by Gasteiger charge is -2.31. The van der Waals surface area contributed by atoms with Crippen LogP contribution in [0.25, 0.3) is 0 Å². The number of allylic oxidation sites excluding steroid dienone is 2. The van der Waals surface area contributed by atoms with Gasteiger partial charge >= 0.3 is 12.1 Å². The van der Waals surface area contributed by atoms with Gasteiger partial charge in [-0.25, -0.2) is 0 Å². The Balaban J connectivity index is 1.64. The van der Waals surface area contributed by atoms with Crippen molar-refractivity contribution in [3.63, 3.8) is 0 Å². The van der Waals surface area contributed by atoms with Crippen LogP contribution in [0.2, 0.25) is 0 Å². The number of carboxylic acids is 1. The normalized spacial score (nSPS) is 28.6. The lowest BCUT2D eigenvalue weighted by Crippen LogP contribution is -2.38. The third-order valence-corrected chi connectivity index (χ3v) is 5.98. The summed E-state index contributed by atoms with van der Waals surface area (Å²) in [6, 6.07) is 3.25. The van der Waals surface area contributed by atoms with E-state index in [9.17, 15) is 27.9 Å². The molecule has 4 rings (SSSR count). The Bertz CT molecular complexity index is 849. The van der Waals surface area contributed by atoms with Gasteiger partial charge in [0.25, 0.3) is 0 Å². The molecule has 1 saturated carbocycles. The molecular formula is C20H21F3N2O4. The molecule has 4 unspecified atom stereocenters. The Labute approximate surface area is 165 Å². The molecule has 1 aromatic carbocycles. The van der Waals surface area contributed by atoms with E-state index < -0.39 is 35.5 Å². The fourth-order valence-corrected chi connectivity index (χ4v) is 4.62. The van der Waals surface area contributed by atoms with Crippen molar-refractivity contribution in [2.24, 2.45) is 23.7 Å². The van der Waals surface area contributed by atoms with E-state index in [1.807, 2.05) is 17.1 Å². The molecule has 0 spiro atoms. The number of hydrogen-bond acceptors (Lipinski definition) is 4. The van der Waals surface area contributed by atoms with Crippen LogP contribution in [-0.2, 0) is 20.5 Å². The number of carbonyl (C=O) groups excluding carboxylic acids is 1. The van der Waals surface area contributed by atoms with E-state index in [1.165, 1.54) is 6.07 Å². The smallest absolute Gasteiger partial charge is 0.416 e. The summed E-state index contributed by atoms with van der Waals surface area (Å²) in [5, 5.41) is 12.2. The van der Waals surface area contributed by atoms with Gasteiger partial charge < -0.3 is 20.1 Å². The van der Waals surface area contributed by atoms with Crippen molar-refractivity contribution in [2.45, 2.75) is 12.6 Å². The second kappa shape index (κ2) is 7.37. The Hall–Kier alpha value is -2.55. The van der Waals surface area contributed by atoms with E-state index in [2.05, 4.69) is 5.32 Å². The van der Waals surface area contributed by atoms with Crippen molar-refractivity contribution < 1.29 is 32.6 Å². The molecule has 29 heavy (non-hydrogen) atoms. The van der Waals surface area contributed by atoms with Gasteiger partial charge in [0.2, 0.25) is 5.91 Å². The summed E-state index contributed by atoms with van der Waals surface area (Å²) in [7, 11) is 0. The largest absolute Gasteiger partial charge is 0.481 e. The first-order valence-corrected chi connectivity index (χ1v) is 9.51. The SMILES string of the molecule is O=C(O)C1C2C=CC(C2)C1C(=O)Nc1cc(C(F)(F)F)ccc1N1CCOCC1. The van der Waals surface area contributed by atoms with Crippen LogP contribution in [0, 0.1) is 23.7 Å². The van der Waals surface area contributed by atoms with Crippen molar-refractivity contribution in [3.8, 4) is 0 Å². The van der Waals surface area contributed by atoms with Crippen LogP contribution in [0.15, 0.2) is 30.4 Å². The standard InChI is InChI=1S/C20H21F3N2O4/c21-20(22,23)13-3-4-15(25-5-7-29-8-6-25)14(10-13)24-18(26)16-11-1-2-12(9-11)17(16)19(27)28/h1-4,10-12,16-17H,5-9H2,(H,24,26)(H,27,28). The van der Waals surface area contributed by atoms with Gasteiger partial charge in [0.1, 0.15) is 0 Å². The monoisotopic (exact) mass is 410 g/mol. The fourth-order valence-electron chi connectivity index (χ4n) is 4.62. The number of halogens is 3. The molecule has 6 nitrogen and oxygen atoms in total. The molecule has 2 N–H and O–H groups in total. The number of hydrogen-bond donors (Lipinski definition) is 2. The number of fused-ring (bicyclic) bond motifs is 2. The molecule has 2 fully saturated rings. The number of aliphatic carboxylic acids is 1. The quantitative estimate of drug-likeness (QED) is 0.747. The number of benzene rings is 1. The Kier molecular flexibility index (Phi) is 5.02. The van der Waals surface area contributed by atoms with Crippen LogP contribution in [0.4, 0.5) is 24.5 Å². The van der Waals surface area contributed by atoms with Gasteiger partial charge in [-0.2, -0.15) is 13.2 Å². The lowest BCUT2D eigenvalue weighted by molar-refractivity contribution is -0.146. The second-order valence-corrected chi connectivity index (χ2v) is 7.66. The third kappa shape index (κ3) is 3.71. The number of anilines is 2. The molecule has 0 radical (unpaired) electrons. The van der Waals surface area contributed by atoms with Crippen LogP contribution in [-0.4, -0.2) is 43.3 Å². The van der Waals surface area contributed by atoms with Crippen molar-refractivity contribution >= 4 is 23.3 Å². The first-order valence-electron chi connectivity index (χ1n) is 9.51. The van der Waals surface area contributed by atoms with E-state index in [4.69, 9.17) is 4.74 Å². The number of alkyl halides is 3. The summed E-state index contributed by atoms with van der Waals surface area (Å²) >= 11 is 0. The highest BCUT2D eigenvalue weighted by Gasteiger charge is 2.51. The number of carboxylic acid groups (broad SMARTS) is 1. The highest BCUT2D eigenvalue weighted by molar-refractivity contribution is 5.99. The minimum atomic E-state index is -4.55. The zero-order valence-corrected chi connectivity index (χ0v) is 15.5. The summed E-state index contributed by atoms with van der Waals surface area (Å²) in [5.74, 6) is -3.69. The van der Waals surface area contributed by atoms with Gasteiger partial charge in [0.15, 0.2) is 0 Å². The number of rotatable bonds is 4. The summed E-state index contributed by atoms with van der Waals surface area (Å²) in [6.45, 7) is 1.85. The summed E-state index contributed by atoms with van der Waals surface area (Å²) in [5.41, 5.74) is -0.352. The number of morpholine rings is 1. The van der Waals surface area contributed by atoms with E-state index in [-0.39, 0.29) is 17.5 Å². The molecule has 156 valence electrons. The van der Waals surface area contributed by atoms with E-state index in [0.717, 1.165) is 12.1 Å². The molecule has 3 aliphatic rings. The summed E-state index contributed by atoms with van der Waals surface area (Å²) in [4.78, 5) is 26.5. The molecule has 2 bridgehead atoms. The van der Waals surface area contributed by atoms with Crippen molar-refractivity contribution in [2.75, 3.05) is 36.5 Å². The van der Waals surface area contributed by atoms with E-state index in [1.54, 1.807) is 0 Å². The van der Waals surface area contributed by atoms with Gasteiger partial charge in [-0.05, 0) is 36.5 Å². The molecule has 1 amide bonds. The van der Waals surface area contributed by atoms with Crippen LogP contribution in [0.1, 0.15) is 12.0 Å². The van der Waals surface area contributed by atoms with Gasteiger partial charge in [-0.3, -0.25) is 9.59 Å². The number of amides is 1. The molecule has 0 aromatic heterocycles. The van der Waals surface area contributed by atoms with Crippen LogP contribution in [0.5, 0.6) is 0 Å². The van der Waals surface area contributed by atoms with E-state index in [0.29, 0.717) is 38.4 Å². The Morgan fingerprint density at radius 2 is 1.76 bits per heavy atom. The first-order chi connectivity index (χ1) is 13.8. The van der Waals surface area contributed by atoms with Crippen molar-refractivity contribution in [3.05, 3.63) is 35.9 Å². The van der Waals surface area contributed by atoms with Crippen LogP contribution in [0.3, 0.4) is 0 Å². The molecule has 2 aliphatic carbocycles. The fraction of sp³-hybridized carbons (Fsp3) is 0.500. The topological polar surface area (TPSA) is 78.9 Å². The van der Waals surface area contributed by atoms with Gasteiger partial charge in [0.05, 0.1) is 42.0 Å². The average Bonchev–Trinajstić information content (AvgIpc) is 3.29. The van der Waals surface area contributed by atoms with Gasteiger partial charge in [-0.1, -0.05) is 12.2 Å². The Morgan fingerprint density at radius 1 is 1.10 bits per heavy atom. The first kappa shape index (κ1) is 19.8. The molecule has 1 heterocycles.